The van der Waals surface area contributed by atoms with Crippen molar-refractivity contribution >= 4 is 44.7 Å². The van der Waals surface area contributed by atoms with Crippen LogP contribution < -0.4 is 5.32 Å². The Morgan fingerprint density at radius 1 is 1.17 bits per heavy atom. The summed E-state index contributed by atoms with van der Waals surface area (Å²) in [6.45, 7) is 1.22. The van der Waals surface area contributed by atoms with Gasteiger partial charge in [-0.3, -0.25) is 14.9 Å². The fourth-order valence-electron chi connectivity index (χ4n) is 2.12. The Morgan fingerprint density at radius 2 is 1.77 bits per heavy atom. The largest absolute Gasteiger partial charge is 0.449 e. The van der Waals surface area contributed by atoms with Gasteiger partial charge in [-0.05, 0) is 37.3 Å². The van der Waals surface area contributed by atoms with E-state index >= 15 is 0 Å². The Balaban J connectivity index is 2.08. The minimum absolute atomic E-state index is 0.0169. The van der Waals surface area contributed by atoms with Gasteiger partial charge in [-0.1, -0.05) is 11.6 Å². The number of rotatable bonds is 7. The fraction of sp³-hybridized carbons (Fsp3) is 0.176. The lowest BCUT2D eigenvalue weighted by atomic mass is 10.2. The smallest absolute Gasteiger partial charge is 0.341 e. The summed E-state index contributed by atoms with van der Waals surface area (Å²) in [7, 11) is -4.81. The first-order valence-corrected chi connectivity index (χ1v) is 9.94. The molecule has 0 aliphatic heterocycles. The van der Waals surface area contributed by atoms with E-state index in [1.165, 1.54) is 13.0 Å². The Hall–Kier alpha value is -3.12. The lowest BCUT2D eigenvalue weighted by Crippen LogP contribution is -2.30. The summed E-state index contributed by atoms with van der Waals surface area (Å²) >= 11 is 5.88. The van der Waals surface area contributed by atoms with Crippen LogP contribution in [0.4, 0.5) is 20.2 Å². The minimum atomic E-state index is -4.81. The molecule has 0 aromatic heterocycles. The van der Waals surface area contributed by atoms with Crippen LogP contribution in [0.5, 0.6) is 0 Å². The van der Waals surface area contributed by atoms with Crippen molar-refractivity contribution in [1.82, 2.24) is 0 Å². The van der Waals surface area contributed by atoms with Crippen molar-refractivity contribution in [3.05, 3.63) is 63.2 Å². The number of esters is 1. The summed E-state index contributed by atoms with van der Waals surface area (Å²) in [6, 6.07) is 6.91. The second kappa shape index (κ2) is 9.13. The summed E-state index contributed by atoms with van der Waals surface area (Å²) in [6.07, 6.45) is -1.36. The normalized spacial score (nSPS) is 12.3. The Labute approximate surface area is 173 Å². The number of carbonyl (C=O) groups is 2. The second-order valence-corrected chi connectivity index (χ2v) is 8.11. The van der Waals surface area contributed by atoms with Gasteiger partial charge in [0.25, 0.3) is 11.6 Å². The molecule has 0 aliphatic rings. The van der Waals surface area contributed by atoms with Crippen LogP contribution in [-0.2, 0) is 19.4 Å². The molecule has 2 aromatic rings. The number of nitrogens with zero attached hydrogens (tertiary/aromatic N) is 1. The standard InChI is InChI=1S/C17H13ClF2N2O7S/c1-9(15(23)21-14-8-11(22(25)26)4-7-13(14)18)29-16(24)10-2-5-12(6-3-10)30(27,28)17(19)20/h2-9,17H,1H3,(H,21,23)/t9-/m1/s1. The number of hydrogen-bond donors (Lipinski definition) is 1. The summed E-state index contributed by atoms with van der Waals surface area (Å²) in [5.74, 6) is -5.48. The van der Waals surface area contributed by atoms with E-state index in [0.717, 1.165) is 36.4 Å². The predicted molar refractivity (Wildman–Crippen MR) is 101 cm³/mol. The Morgan fingerprint density at radius 3 is 2.30 bits per heavy atom. The number of halogens is 3. The van der Waals surface area contributed by atoms with Crippen LogP contribution in [0, 0.1) is 10.1 Å². The molecule has 1 atom stereocenters. The van der Waals surface area contributed by atoms with E-state index in [9.17, 15) is 36.9 Å². The highest BCUT2D eigenvalue weighted by molar-refractivity contribution is 7.91. The number of nitro benzene ring substituents is 1. The van der Waals surface area contributed by atoms with Gasteiger partial charge in [-0.15, -0.1) is 0 Å². The van der Waals surface area contributed by atoms with E-state index in [4.69, 9.17) is 16.3 Å². The zero-order valence-electron chi connectivity index (χ0n) is 15.0. The van der Waals surface area contributed by atoms with Crippen LogP contribution in [0.3, 0.4) is 0 Å². The van der Waals surface area contributed by atoms with Crippen LogP contribution >= 0.6 is 11.6 Å². The second-order valence-electron chi connectivity index (χ2n) is 5.79. The van der Waals surface area contributed by atoms with Crippen molar-refractivity contribution in [1.29, 1.82) is 0 Å². The van der Waals surface area contributed by atoms with Crippen molar-refractivity contribution < 1.29 is 36.4 Å². The van der Waals surface area contributed by atoms with E-state index in [2.05, 4.69) is 5.32 Å². The molecule has 2 aromatic carbocycles. The Bertz CT molecular complexity index is 1090. The molecule has 0 bridgehead atoms. The summed E-state index contributed by atoms with van der Waals surface area (Å²) < 4.78 is 52.7. The van der Waals surface area contributed by atoms with Crippen LogP contribution in [0.25, 0.3) is 0 Å². The maximum atomic E-state index is 12.5. The first-order valence-electron chi connectivity index (χ1n) is 8.01. The molecule has 0 saturated carbocycles. The number of alkyl halides is 2. The zero-order chi connectivity index (χ0) is 22.6. The number of benzene rings is 2. The maximum absolute atomic E-state index is 12.5. The van der Waals surface area contributed by atoms with Gasteiger partial charge in [-0.2, -0.15) is 8.78 Å². The molecule has 13 heteroatoms. The molecule has 9 nitrogen and oxygen atoms in total. The molecule has 0 unspecified atom stereocenters. The van der Waals surface area contributed by atoms with Crippen LogP contribution in [0.2, 0.25) is 5.02 Å². The van der Waals surface area contributed by atoms with E-state index in [-0.39, 0.29) is 22.0 Å². The number of anilines is 1. The monoisotopic (exact) mass is 462 g/mol. The highest BCUT2D eigenvalue weighted by Crippen LogP contribution is 2.27. The molecule has 2 rings (SSSR count). The highest BCUT2D eigenvalue weighted by Gasteiger charge is 2.27. The summed E-state index contributed by atoms with van der Waals surface area (Å²) in [4.78, 5) is 33.7. The first kappa shape index (κ1) is 23.2. The van der Waals surface area contributed by atoms with Crippen molar-refractivity contribution in [2.75, 3.05) is 5.32 Å². The first-order chi connectivity index (χ1) is 13.9. The highest BCUT2D eigenvalue weighted by atomic mass is 35.5. The molecule has 0 aliphatic carbocycles. The molecular weight excluding hydrogens is 450 g/mol. The van der Waals surface area contributed by atoms with Gasteiger partial charge in [0.2, 0.25) is 9.84 Å². The number of carbonyl (C=O) groups excluding carboxylic acids is 2. The lowest BCUT2D eigenvalue weighted by Gasteiger charge is -2.14. The van der Waals surface area contributed by atoms with Crippen molar-refractivity contribution in [3.63, 3.8) is 0 Å². The van der Waals surface area contributed by atoms with E-state index in [1.807, 2.05) is 0 Å². The topological polar surface area (TPSA) is 133 Å². The average Bonchev–Trinajstić information content (AvgIpc) is 2.69. The van der Waals surface area contributed by atoms with Gasteiger partial charge in [-0.25, -0.2) is 13.2 Å². The third-order valence-electron chi connectivity index (χ3n) is 3.72. The molecule has 0 heterocycles. The summed E-state index contributed by atoms with van der Waals surface area (Å²) in [5.41, 5.74) is -0.574. The van der Waals surface area contributed by atoms with E-state index in [0.29, 0.717) is 0 Å². The number of ether oxygens (including phenoxy) is 1. The molecule has 0 radical (unpaired) electrons. The molecule has 0 fully saturated rings. The van der Waals surface area contributed by atoms with E-state index in [1.54, 1.807) is 0 Å². The molecule has 30 heavy (non-hydrogen) atoms. The van der Waals surface area contributed by atoms with Crippen molar-refractivity contribution in [2.24, 2.45) is 0 Å². The van der Waals surface area contributed by atoms with Crippen molar-refractivity contribution in [2.45, 2.75) is 23.7 Å². The van der Waals surface area contributed by atoms with Crippen molar-refractivity contribution in [3.8, 4) is 0 Å². The molecule has 1 N–H and O–H groups in total. The van der Waals surface area contributed by atoms with Crippen LogP contribution in [0.1, 0.15) is 17.3 Å². The van der Waals surface area contributed by atoms with Gasteiger partial charge in [0, 0.05) is 12.1 Å². The quantitative estimate of drug-likeness (QED) is 0.378. The Kier molecular flexibility index (Phi) is 7.05. The average molecular weight is 463 g/mol. The number of nitrogens with one attached hydrogen (secondary N) is 1. The molecule has 160 valence electrons. The number of nitro groups is 1. The van der Waals surface area contributed by atoms with E-state index < -0.39 is 43.4 Å². The maximum Gasteiger partial charge on any atom is 0.341 e. The predicted octanol–water partition coefficient (Wildman–Crippen LogP) is 3.43. The van der Waals surface area contributed by atoms with Crippen LogP contribution in [0.15, 0.2) is 47.4 Å². The molecule has 0 saturated heterocycles. The van der Waals surface area contributed by atoms with Crippen LogP contribution in [-0.4, -0.2) is 37.1 Å². The van der Waals surface area contributed by atoms with Gasteiger partial charge in [0.15, 0.2) is 6.10 Å². The zero-order valence-corrected chi connectivity index (χ0v) is 16.6. The third-order valence-corrected chi connectivity index (χ3v) is 5.45. The SMILES string of the molecule is C[C@@H](OC(=O)c1ccc(S(=O)(=O)C(F)F)cc1)C(=O)Nc1cc([N+](=O)[O-])ccc1Cl. The summed E-state index contributed by atoms with van der Waals surface area (Å²) in [5, 5.41) is 13.1. The number of non-ortho nitro benzene ring substituents is 1. The molecular formula is C17H13ClF2N2O7S. The van der Waals surface area contributed by atoms with Gasteiger partial charge >= 0.3 is 11.7 Å². The number of sulfone groups is 1. The fourth-order valence-corrected chi connectivity index (χ4v) is 3.01. The molecule has 1 amide bonds. The molecule has 0 spiro atoms. The lowest BCUT2D eigenvalue weighted by molar-refractivity contribution is -0.384. The third kappa shape index (κ3) is 5.27. The minimum Gasteiger partial charge on any atom is -0.449 e. The number of hydrogen-bond acceptors (Lipinski definition) is 7. The van der Waals surface area contributed by atoms with Gasteiger partial charge < -0.3 is 10.1 Å². The number of amides is 1. The van der Waals surface area contributed by atoms with Gasteiger partial charge in [0.1, 0.15) is 0 Å². The van der Waals surface area contributed by atoms with Gasteiger partial charge in [0.05, 0.1) is 26.1 Å².